The predicted molar refractivity (Wildman–Crippen MR) is 118 cm³/mol. The number of carbonyl (C=O) groups is 1. The third-order valence-electron chi connectivity index (χ3n) is 5.01. The number of nitrogens with one attached hydrogen (secondary N) is 1. The van der Waals surface area contributed by atoms with Crippen molar-refractivity contribution in [1.82, 2.24) is 5.32 Å². The van der Waals surface area contributed by atoms with Gasteiger partial charge in [0.05, 0.1) is 27.1 Å². The summed E-state index contributed by atoms with van der Waals surface area (Å²) < 4.78 is 21.9. The third-order valence-corrected chi connectivity index (χ3v) is 5.01. The van der Waals surface area contributed by atoms with E-state index in [1.165, 1.54) is 0 Å². The van der Waals surface area contributed by atoms with E-state index >= 15 is 0 Å². The Morgan fingerprint density at radius 3 is 2.67 bits per heavy atom. The van der Waals surface area contributed by atoms with Gasteiger partial charge in [-0.25, -0.2) is 0 Å². The number of amides is 1. The molecule has 3 rings (SSSR count). The summed E-state index contributed by atoms with van der Waals surface area (Å²) in [6.45, 7) is 4.77. The van der Waals surface area contributed by atoms with Crippen LogP contribution in [0.25, 0.3) is 27.7 Å². The van der Waals surface area contributed by atoms with Crippen molar-refractivity contribution < 1.29 is 23.4 Å². The lowest BCUT2D eigenvalue weighted by Gasteiger charge is -2.13. The van der Waals surface area contributed by atoms with Crippen molar-refractivity contribution in [2.24, 2.45) is 0 Å². The van der Waals surface area contributed by atoms with Crippen LogP contribution in [0.1, 0.15) is 18.1 Å². The van der Waals surface area contributed by atoms with Gasteiger partial charge in [0.1, 0.15) is 17.1 Å². The zero-order valence-corrected chi connectivity index (χ0v) is 18.0. The van der Waals surface area contributed by atoms with Gasteiger partial charge in [-0.2, -0.15) is 0 Å². The Balaban J connectivity index is 2.09. The second-order valence-corrected chi connectivity index (χ2v) is 6.95. The van der Waals surface area contributed by atoms with Gasteiger partial charge in [-0.1, -0.05) is 12.1 Å². The minimum Gasteiger partial charge on any atom is -0.497 e. The van der Waals surface area contributed by atoms with Crippen molar-refractivity contribution >= 4 is 22.4 Å². The van der Waals surface area contributed by atoms with Crippen LogP contribution in [0.2, 0.25) is 0 Å². The van der Waals surface area contributed by atoms with Gasteiger partial charge in [0, 0.05) is 41.8 Å². The molecule has 6 heteroatoms. The fourth-order valence-electron chi connectivity index (χ4n) is 3.49. The topological polar surface area (TPSA) is 69.9 Å². The maximum Gasteiger partial charge on any atom is 0.244 e. The number of carbonyl (C=O) groups excluding carboxylic acids is 1. The van der Waals surface area contributed by atoms with Crippen LogP contribution >= 0.6 is 0 Å². The Hall–Kier alpha value is -3.25. The molecule has 1 amide bonds. The number of fused-ring (bicyclic) bond motifs is 1. The molecule has 1 N–H and O–H groups in total. The smallest absolute Gasteiger partial charge is 0.244 e. The molecule has 0 atom stereocenters. The molecule has 0 saturated carbocycles. The molecule has 158 valence electrons. The maximum atomic E-state index is 12.2. The van der Waals surface area contributed by atoms with E-state index in [4.69, 9.17) is 18.6 Å². The van der Waals surface area contributed by atoms with Gasteiger partial charge >= 0.3 is 0 Å². The summed E-state index contributed by atoms with van der Waals surface area (Å²) in [6.07, 6.45) is 3.32. The summed E-state index contributed by atoms with van der Waals surface area (Å²) in [7, 11) is 4.86. The Morgan fingerprint density at radius 2 is 1.97 bits per heavy atom. The zero-order chi connectivity index (χ0) is 21.7. The summed E-state index contributed by atoms with van der Waals surface area (Å²) in [4.78, 5) is 12.2. The molecule has 0 aliphatic carbocycles. The van der Waals surface area contributed by atoms with Gasteiger partial charge in [-0.15, -0.1) is 0 Å². The van der Waals surface area contributed by atoms with E-state index in [-0.39, 0.29) is 5.91 Å². The standard InChI is InChI=1S/C24H27NO5/c1-15(11-22(26)25-9-10-27-3)19-13-20-21(17-7-6-8-18(12-17)28-4)14-30-24(20)16(2)23(19)29-5/h6-8,11-14H,9-10H2,1-5H3,(H,25,26)/b15-11+. The third kappa shape index (κ3) is 4.33. The van der Waals surface area contributed by atoms with Crippen LogP contribution in [0.3, 0.4) is 0 Å². The van der Waals surface area contributed by atoms with Crippen LogP contribution in [0.4, 0.5) is 0 Å². The number of methoxy groups -OCH3 is 3. The van der Waals surface area contributed by atoms with Crippen LogP contribution < -0.4 is 14.8 Å². The zero-order valence-electron chi connectivity index (χ0n) is 18.0. The molecular formula is C24H27NO5. The number of hydrogen-bond donors (Lipinski definition) is 1. The van der Waals surface area contributed by atoms with Gasteiger partial charge in [0.25, 0.3) is 0 Å². The molecule has 1 heterocycles. The summed E-state index contributed by atoms with van der Waals surface area (Å²) >= 11 is 0. The lowest BCUT2D eigenvalue weighted by Crippen LogP contribution is -2.25. The Bertz CT molecular complexity index is 1080. The van der Waals surface area contributed by atoms with Crippen LogP contribution in [0.15, 0.2) is 47.1 Å². The lowest BCUT2D eigenvalue weighted by atomic mass is 9.96. The molecule has 0 bridgehead atoms. The second-order valence-electron chi connectivity index (χ2n) is 6.95. The van der Waals surface area contributed by atoms with Crippen molar-refractivity contribution in [3.63, 3.8) is 0 Å². The van der Waals surface area contributed by atoms with Gasteiger partial charge in [-0.05, 0) is 43.2 Å². The fourth-order valence-corrected chi connectivity index (χ4v) is 3.49. The van der Waals surface area contributed by atoms with E-state index < -0.39 is 0 Å². The van der Waals surface area contributed by atoms with E-state index in [9.17, 15) is 4.79 Å². The average Bonchev–Trinajstić information content (AvgIpc) is 3.18. The average molecular weight is 409 g/mol. The highest BCUT2D eigenvalue weighted by Crippen LogP contribution is 2.41. The molecule has 1 aromatic heterocycles. The fraction of sp³-hybridized carbons (Fsp3) is 0.292. The Kier molecular flexibility index (Phi) is 6.79. The molecular weight excluding hydrogens is 382 g/mol. The number of aryl methyl sites for hydroxylation is 1. The van der Waals surface area contributed by atoms with Crippen molar-refractivity contribution in [3.05, 3.63) is 53.8 Å². The van der Waals surface area contributed by atoms with Crippen molar-refractivity contribution in [3.8, 4) is 22.6 Å². The SMILES string of the molecule is COCCNC(=O)/C=C(\C)c1cc2c(-c3cccc(OC)c3)coc2c(C)c1OC. The highest BCUT2D eigenvalue weighted by Gasteiger charge is 2.19. The minimum absolute atomic E-state index is 0.176. The normalized spacial score (nSPS) is 11.6. The molecule has 0 radical (unpaired) electrons. The number of hydrogen-bond acceptors (Lipinski definition) is 5. The molecule has 2 aromatic carbocycles. The molecule has 0 unspecified atom stereocenters. The number of rotatable bonds is 8. The second kappa shape index (κ2) is 9.50. The molecule has 0 aliphatic rings. The summed E-state index contributed by atoms with van der Waals surface area (Å²) in [6, 6.07) is 9.83. The highest BCUT2D eigenvalue weighted by atomic mass is 16.5. The first-order chi connectivity index (χ1) is 14.5. The maximum absolute atomic E-state index is 12.2. The molecule has 30 heavy (non-hydrogen) atoms. The van der Waals surface area contributed by atoms with Gasteiger partial charge in [0.15, 0.2) is 0 Å². The highest BCUT2D eigenvalue weighted by molar-refractivity contribution is 6.01. The van der Waals surface area contributed by atoms with Crippen molar-refractivity contribution in [2.45, 2.75) is 13.8 Å². The minimum atomic E-state index is -0.176. The molecule has 0 aliphatic heterocycles. The molecule has 6 nitrogen and oxygen atoms in total. The monoisotopic (exact) mass is 409 g/mol. The van der Waals surface area contributed by atoms with Crippen molar-refractivity contribution in [1.29, 1.82) is 0 Å². The summed E-state index contributed by atoms with van der Waals surface area (Å²) in [5.41, 5.74) is 5.22. The largest absolute Gasteiger partial charge is 0.497 e. The number of ether oxygens (including phenoxy) is 3. The van der Waals surface area contributed by atoms with E-state index in [0.29, 0.717) is 18.9 Å². The van der Waals surface area contributed by atoms with Gasteiger partial charge < -0.3 is 23.9 Å². The molecule has 0 fully saturated rings. The van der Waals surface area contributed by atoms with Crippen LogP contribution in [-0.4, -0.2) is 40.4 Å². The summed E-state index contributed by atoms with van der Waals surface area (Å²) in [5.74, 6) is 1.29. The predicted octanol–water partition coefficient (Wildman–Crippen LogP) is 4.59. The number of benzene rings is 2. The van der Waals surface area contributed by atoms with Gasteiger partial charge in [0.2, 0.25) is 5.91 Å². The molecule has 0 saturated heterocycles. The summed E-state index contributed by atoms with van der Waals surface area (Å²) in [5, 5.41) is 3.75. The molecule has 3 aromatic rings. The Morgan fingerprint density at radius 1 is 1.17 bits per heavy atom. The first kappa shape index (κ1) is 21.5. The first-order valence-electron chi connectivity index (χ1n) is 9.68. The van der Waals surface area contributed by atoms with E-state index in [1.807, 2.05) is 44.2 Å². The Labute approximate surface area is 176 Å². The number of furan rings is 1. The van der Waals surface area contributed by atoms with E-state index in [0.717, 1.165) is 44.5 Å². The first-order valence-corrected chi connectivity index (χ1v) is 9.68. The lowest BCUT2D eigenvalue weighted by molar-refractivity contribution is -0.116. The quantitative estimate of drug-likeness (QED) is 0.435. The van der Waals surface area contributed by atoms with Crippen LogP contribution in [-0.2, 0) is 9.53 Å². The number of allylic oxidation sites excluding steroid dienone is 1. The van der Waals surface area contributed by atoms with Crippen LogP contribution in [0, 0.1) is 6.92 Å². The van der Waals surface area contributed by atoms with Crippen LogP contribution in [0.5, 0.6) is 11.5 Å². The van der Waals surface area contributed by atoms with Gasteiger partial charge in [-0.3, -0.25) is 4.79 Å². The molecule has 0 spiro atoms. The van der Waals surface area contributed by atoms with Crippen molar-refractivity contribution in [2.75, 3.05) is 34.5 Å². The van der Waals surface area contributed by atoms with E-state index in [1.54, 1.807) is 33.7 Å². The van der Waals surface area contributed by atoms with E-state index in [2.05, 4.69) is 5.32 Å².